The lowest BCUT2D eigenvalue weighted by Gasteiger charge is -2.33. The van der Waals surface area contributed by atoms with E-state index in [1.54, 1.807) is 29.4 Å². The summed E-state index contributed by atoms with van der Waals surface area (Å²) in [7, 11) is -3.47. The van der Waals surface area contributed by atoms with Crippen LogP contribution in [0.3, 0.4) is 0 Å². The van der Waals surface area contributed by atoms with Crippen molar-refractivity contribution in [3.63, 3.8) is 0 Å². The Morgan fingerprint density at radius 3 is 2.46 bits per heavy atom. The molecule has 0 amide bonds. The molecule has 1 aromatic carbocycles. The first-order chi connectivity index (χ1) is 11.4. The van der Waals surface area contributed by atoms with Crippen molar-refractivity contribution in [3.05, 3.63) is 30.5 Å². The van der Waals surface area contributed by atoms with Crippen LogP contribution in [0.1, 0.15) is 13.8 Å². The predicted molar refractivity (Wildman–Crippen MR) is 93.5 cm³/mol. The predicted octanol–water partition coefficient (Wildman–Crippen LogP) is 1.56. The first-order valence-electron chi connectivity index (χ1n) is 8.22. The first-order valence-corrected chi connectivity index (χ1v) is 9.66. The van der Waals surface area contributed by atoms with Gasteiger partial charge >= 0.3 is 0 Å². The molecular formula is C17H23N3O3S. The maximum atomic E-state index is 12.9. The topological polar surface area (TPSA) is 62.6 Å². The fourth-order valence-electron chi connectivity index (χ4n) is 3.15. The van der Waals surface area contributed by atoms with E-state index in [0.29, 0.717) is 24.5 Å². The van der Waals surface area contributed by atoms with Gasteiger partial charge in [-0.25, -0.2) is 8.42 Å². The van der Waals surface area contributed by atoms with Gasteiger partial charge in [-0.3, -0.25) is 4.79 Å². The SMILES string of the molecule is CCN1CCN(S(=O)(=O)c2ccc3c(ccn3CC(C)=O)c2)CC1. The van der Waals surface area contributed by atoms with Crippen molar-refractivity contribution >= 4 is 26.7 Å². The van der Waals surface area contributed by atoms with Gasteiger partial charge in [0.1, 0.15) is 5.78 Å². The molecule has 3 rings (SSSR count). The summed E-state index contributed by atoms with van der Waals surface area (Å²) in [6, 6.07) is 6.98. The van der Waals surface area contributed by atoms with E-state index >= 15 is 0 Å². The van der Waals surface area contributed by atoms with E-state index in [9.17, 15) is 13.2 Å². The zero-order valence-corrected chi connectivity index (χ0v) is 14.9. The number of Topliss-reactive ketones (excluding diaryl/α,β-unsaturated/α-hetero) is 1. The van der Waals surface area contributed by atoms with Crippen molar-refractivity contribution in [1.29, 1.82) is 0 Å². The highest BCUT2D eigenvalue weighted by molar-refractivity contribution is 7.89. The second-order valence-corrected chi connectivity index (χ2v) is 8.14. The summed E-state index contributed by atoms with van der Waals surface area (Å²) in [6.07, 6.45) is 1.82. The zero-order valence-electron chi connectivity index (χ0n) is 14.1. The summed E-state index contributed by atoms with van der Waals surface area (Å²) >= 11 is 0. The summed E-state index contributed by atoms with van der Waals surface area (Å²) in [5.74, 6) is 0.0676. The van der Waals surface area contributed by atoms with Gasteiger partial charge in [-0.05, 0) is 37.7 Å². The molecule has 6 nitrogen and oxygen atoms in total. The summed E-state index contributed by atoms with van der Waals surface area (Å²) in [5.41, 5.74) is 0.875. The van der Waals surface area contributed by atoms with E-state index in [2.05, 4.69) is 11.8 Å². The maximum absolute atomic E-state index is 12.9. The average molecular weight is 349 g/mol. The summed E-state index contributed by atoms with van der Waals surface area (Å²) in [5, 5.41) is 0.838. The van der Waals surface area contributed by atoms with Crippen LogP contribution >= 0.6 is 0 Å². The smallest absolute Gasteiger partial charge is 0.243 e. The van der Waals surface area contributed by atoms with Crippen molar-refractivity contribution in [2.24, 2.45) is 0 Å². The summed E-state index contributed by atoms with van der Waals surface area (Å²) < 4.78 is 29.1. The van der Waals surface area contributed by atoms with Gasteiger partial charge < -0.3 is 9.47 Å². The van der Waals surface area contributed by atoms with Crippen LogP contribution in [-0.2, 0) is 21.4 Å². The van der Waals surface area contributed by atoms with E-state index in [1.807, 2.05) is 16.8 Å². The number of likely N-dealkylation sites (N-methyl/N-ethyl adjacent to an activating group) is 1. The quantitative estimate of drug-likeness (QED) is 0.822. The Morgan fingerprint density at radius 1 is 1.12 bits per heavy atom. The molecule has 1 saturated heterocycles. The van der Waals surface area contributed by atoms with Gasteiger partial charge in [-0.1, -0.05) is 6.92 Å². The molecule has 1 aromatic heterocycles. The summed E-state index contributed by atoms with van der Waals surface area (Å²) in [6.45, 7) is 7.47. The molecule has 7 heteroatoms. The molecule has 130 valence electrons. The molecule has 1 aliphatic heterocycles. The number of hydrogen-bond acceptors (Lipinski definition) is 4. The third-order valence-corrected chi connectivity index (χ3v) is 6.45. The number of carbonyl (C=O) groups excluding carboxylic acids is 1. The van der Waals surface area contributed by atoms with Gasteiger partial charge in [0.2, 0.25) is 10.0 Å². The van der Waals surface area contributed by atoms with Crippen LogP contribution in [0.15, 0.2) is 35.4 Å². The third-order valence-electron chi connectivity index (χ3n) is 4.55. The first kappa shape index (κ1) is 17.1. The lowest BCUT2D eigenvalue weighted by atomic mass is 10.2. The highest BCUT2D eigenvalue weighted by Gasteiger charge is 2.28. The second-order valence-electron chi connectivity index (χ2n) is 6.20. The van der Waals surface area contributed by atoms with E-state index in [1.165, 1.54) is 0 Å². The van der Waals surface area contributed by atoms with Crippen molar-refractivity contribution < 1.29 is 13.2 Å². The Balaban J connectivity index is 1.87. The van der Waals surface area contributed by atoms with Crippen LogP contribution < -0.4 is 0 Å². The van der Waals surface area contributed by atoms with Crippen LogP contribution in [0.2, 0.25) is 0 Å². The monoisotopic (exact) mass is 349 g/mol. The molecule has 0 unspecified atom stereocenters. The van der Waals surface area contributed by atoms with Gasteiger partial charge in [0.05, 0.1) is 11.4 Å². The number of aromatic nitrogens is 1. The highest BCUT2D eigenvalue weighted by Crippen LogP contribution is 2.23. The Kier molecular flexibility index (Phi) is 4.76. The maximum Gasteiger partial charge on any atom is 0.243 e. The normalized spacial score (nSPS) is 17.4. The largest absolute Gasteiger partial charge is 0.340 e. The lowest BCUT2D eigenvalue weighted by Crippen LogP contribution is -2.48. The standard InChI is InChI=1S/C17H23N3O3S/c1-3-18-8-10-20(11-9-18)24(22,23)16-4-5-17-15(12-16)6-7-19(17)13-14(2)21/h4-7,12H,3,8-11,13H2,1-2H3. The molecule has 2 aromatic rings. The number of hydrogen-bond donors (Lipinski definition) is 0. The lowest BCUT2D eigenvalue weighted by molar-refractivity contribution is -0.117. The molecule has 0 radical (unpaired) electrons. The van der Waals surface area contributed by atoms with Crippen LogP contribution in [-0.4, -0.2) is 60.7 Å². The minimum absolute atomic E-state index is 0.0676. The number of carbonyl (C=O) groups is 1. The molecule has 0 bridgehead atoms. The molecule has 1 fully saturated rings. The van der Waals surface area contributed by atoms with Crippen LogP contribution in [0.4, 0.5) is 0 Å². The molecule has 0 N–H and O–H groups in total. The van der Waals surface area contributed by atoms with Crippen LogP contribution in [0, 0.1) is 0 Å². The van der Waals surface area contributed by atoms with Crippen molar-refractivity contribution in [1.82, 2.24) is 13.8 Å². The number of rotatable bonds is 5. The van der Waals surface area contributed by atoms with E-state index in [0.717, 1.165) is 30.5 Å². The minimum Gasteiger partial charge on any atom is -0.340 e. The molecule has 0 atom stereocenters. The summed E-state index contributed by atoms with van der Waals surface area (Å²) in [4.78, 5) is 13.9. The number of ketones is 1. The molecule has 1 aliphatic rings. The number of nitrogens with zero attached hydrogens (tertiary/aromatic N) is 3. The van der Waals surface area contributed by atoms with Crippen molar-refractivity contribution in [2.75, 3.05) is 32.7 Å². The molecular weight excluding hydrogens is 326 g/mol. The van der Waals surface area contributed by atoms with Crippen LogP contribution in [0.5, 0.6) is 0 Å². The van der Waals surface area contributed by atoms with E-state index < -0.39 is 10.0 Å². The molecule has 0 aliphatic carbocycles. The number of sulfonamides is 1. The van der Waals surface area contributed by atoms with Gasteiger partial charge in [0, 0.05) is 43.3 Å². The van der Waals surface area contributed by atoms with Gasteiger partial charge in [-0.15, -0.1) is 0 Å². The number of benzene rings is 1. The van der Waals surface area contributed by atoms with Gasteiger partial charge in [-0.2, -0.15) is 4.31 Å². The Hall–Kier alpha value is -1.70. The van der Waals surface area contributed by atoms with Crippen LogP contribution in [0.25, 0.3) is 10.9 Å². The third kappa shape index (κ3) is 3.24. The molecule has 0 saturated carbocycles. The average Bonchev–Trinajstić information content (AvgIpc) is 2.96. The fraction of sp³-hybridized carbons (Fsp3) is 0.471. The van der Waals surface area contributed by atoms with Gasteiger partial charge in [0.25, 0.3) is 0 Å². The number of fused-ring (bicyclic) bond motifs is 1. The zero-order chi connectivity index (χ0) is 17.3. The van der Waals surface area contributed by atoms with Crippen molar-refractivity contribution in [3.8, 4) is 0 Å². The van der Waals surface area contributed by atoms with Gasteiger partial charge in [0.15, 0.2) is 0 Å². The second kappa shape index (κ2) is 6.66. The highest BCUT2D eigenvalue weighted by atomic mass is 32.2. The minimum atomic E-state index is -3.47. The van der Waals surface area contributed by atoms with Crippen molar-refractivity contribution in [2.45, 2.75) is 25.3 Å². The Bertz CT molecular complexity index is 849. The number of piperazine rings is 1. The van der Waals surface area contributed by atoms with E-state index in [-0.39, 0.29) is 5.78 Å². The fourth-order valence-corrected chi connectivity index (χ4v) is 4.61. The molecule has 2 heterocycles. The Labute approximate surface area is 142 Å². The molecule has 0 spiro atoms. The Morgan fingerprint density at radius 2 is 1.83 bits per heavy atom. The molecule has 24 heavy (non-hydrogen) atoms. The van der Waals surface area contributed by atoms with E-state index in [4.69, 9.17) is 0 Å².